The van der Waals surface area contributed by atoms with E-state index in [4.69, 9.17) is 4.74 Å². The number of esters is 1. The highest BCUT2D eigenvalue weighted by molar-refractivity contribution is 5.89. The molecule has 0 fully saturated rings. The van der Waals surface area contributed by atoms with E-state index in [0.29, 0.717) is 18.1 Å². The second kappa shape index (κ2) is 6.31. The fourth-order valence-electron chi connectivity index (χ4n) is 1.40. The van der Waals surface area contributed by atoms with Crippen LogP contribution >= 0.6 is 0 Å². The van der Waals surface area contributed by atoms with E-state index in [9.17, 15) is 4.79 Å². The Morgan fingerprint density at radius 1 is 1.25 bits per heavy atom. The van der Waals surface area contributed by atoms with Gasteiger partial charge in [0, 0.05) is 0 Å². The Hall–Kier alpha value is -1.31. The van der Waals surface area contributed by atoms with Crippen molar-refractivity contribution in [2.75, 3.05) is 6.61 Å². The van der Waals surface area contributed by atoms with Gasteiger partial charge in [0.1, 0.15) is 0 Å². The number of benzene rings is 1. The molecule has 0 N–H and O–H groups in total. The first-order valence-electron chi connectivity index (χ1n) is 5.92. The molecule has 0 aliphatic carbocycles. The molecule has 0 amide bonds. The lowest BCUT2D eigenvalue weighted by Gasteiger charge is -2.07. The highest BCUT2D eigenvalue weighted by atomic mass is 16.5. The lowest BCUT2D eigenvalue weighted by Crippen LogP contribution is -2.06. The first-order valence-corrected chi connectivity index (χ1v) is 5.92. The standard InChI is InChI=1S/C14H20O2/c1-4-5-10-16-14(15)13-8-6-12(7-9-13)11(2)3/h6-9,11H,4-5,10H2,1-3H3. The number of hydrogen-bond donors (Lipinski definition) is 0. The Kier molecular flexibility index (Phi) is 5.03. The van der Waals surface area contributed by atoms with Crippen LogP contribution in [0.5, 0.6) is 0 Å². The maximum absolute atomic E-state index is 11.6. The zero-order valence-electron chi connectivity index (χ0n) is 10.3. The summed E-state index contributed by atoms with van der Waals surface area (Å²) in [6.07, 6.45) is 1.97. The van der Waals surface area contributed by atoms with E-state index in [2.05, 4.69) is 20.8 Å². The number of rotatable bonds is 5. The second-order valence-corrected chi connectivity index (χ2v) is 4.27. The van der Waals surface area contributed by atoms with Crippen molar-refractivity contribution in [3.05, 3.63) is 35.4 Å². The van der Waals surface area contributed by atoms with Crippen LogP contribution in [0, 0.1) is 0 Å². The number of carbonyl (C=O) groups is 1. The molecule has 0 aliphatic heterocycles. The minimum atomic E-state index is -0.219. The van der Waals surface area contributed by atoms with E-state index >= 15 is 0 Å². The summed E-state index contributed by atoms with van der Waals surface area (Å²) in [7, 11) is 0. The quantitative estimate of drug-likeness (QED) is 0.557. The van der Waals surface area contributed by atoms with Crippen molar-refractivity contribution >= 4 is 5.97 Å². The zero-order chi connectivity index (χ0) is 12.0. The molecular formula is C14H20O2. The van der Waals surface area contributed by atoms with Crippen molar-refractivity contribution in [3.8, 4) is 0 Å². The van der Waals surface area contributed by atoms with E-state index in [1.807, 2.05) is 24.3 Å². The topological polar surface area (TPSA) is 26.3 Å². The average Bonchev–Trinajstić information content (AvgIpc) is 2.29. The normalized spacial score (nSPS) is 10.5. The van der Waals surface area contributed by atoms with Crippen LogP contribution in [0.3, 0.4) is 0 Å². The molecule has 0 radical (unpaired) electrons. The molecule has 0 spiro atoms. The van der Waals surface area contributed by atoms with Crippen molar-refractivity contribution in [2.24, 2.45) is 0 Å². The summed E-state index contributed by atoms with van der Waals surface area (Å²) >= 11 is 0. The van der Waals surface area contributed by atoms with Gasteiger partial charge in [0.15, 0.2) is 0 Å². The fourth-order valence-corrected chi connectivity index (χ4v) is 1.40. The molecule has 0 saturated carbocycles. The maximum atomic E-state index is 11.6. The van der Waals surface area contributed by atoms with Crippen molar-refractivity contribution in [1.82, 2.24) is 0 Å². The Balaban J connectivity index is 2.56. The van der Waals surface area contributed by atoms with Crippen LogP contribution in [-0.2, 0) is 4.74 Å². The smallest absolute Gasteiger partial charge is 0.338 e. The van der Waals surface area contributed by atoms with Crippen molar-refractivity contribution < 1.29 is 9.53 Å². The Morgan fingerprint density at radius 2 is 1.88 bits per heavy atom. The third kappa shape index (κ3) is 3.69. The van der Waals surface area contributed by atoms with Gasteiger partial charge < -0.3 is 4.74 Å². The van der Waals surface area contributed by atoms with Gasteiger partial charge in [-0.3, -0.25) is 0 Å². The van der Waals surface area contributed by atoms with Crippen LogP contribution in [0.4, 0.5) is 0 Å². The molecule has 2 heteroatoms. The number of carbonyl (C=O) groups excluding carboxylic acids is 1. The molecule has 0 atom stereocenters. The van der Waals surface area contributed by atoms with Crippen molar-refractivity contribution in [2.45, 2.75) is 39.5 Å². The third-order valence-corrected chi connectivity index (χ3v) is 2.54. The van der Waals surface area contributed by atoms with E-state index in [-0.39, 0.29) is 5.97 Å². The minimum absolute atomic E-state index is 0.219. The molecule has 0 unspecified atom stereocenters. The minimum Gasteiger partial charge on any atom is -0.462 e. The summed E-state index contributed by atoms with van der Waals surface area (Å²) in [6, 6.07) is 7.65. The fraction of sp³-hybridized carbons (Fsp3) is 0.500. The summed E-state index contributed by atoms with van der Waals surface area (Å²) < 4.78 is 5.13. The lowest BCUT2D eigenvalue weighted by molar-refractivity contribution is 0.0499. The maximum Gasteiger partial charge on any atom is 0.338 e. The molecule has 0 aromatic heterocycles. The van der Waals surface area contributed by atoms with Crippen LogP contribution in [0.15, 0.2) is 24.3 Å². The van der Waals surface area contributed by atoms with Crippen molar-refractivity contribution in [1.29, 1.82) is 0 Å². The monoisotopic (exact) mass is 220 g/mol. The number of ether oxygens (including phenoxy) is 1. The first-order chi connectivity index (χ1) is 7.65. The Labute approximate surface area is 97.6 Å². The Bertz CT molecular complexity index is 325. The van der Waals surface area contributed by atoms with Gasteiger partial charge in [0.25, 0.3) is 0 Å². The molecule has 0 saturated heterocycles. The largest absolute Gasteiger partial charge is 0.462 e. The molecule has 0 bridgehead atoms. The van der Waals surface area contributed by atoms with Gasteiger partial charge in [-0.05, 0) is 30.0 Å². The van der Waals surface area contributed by atoms with Gasteiger partial charge in [-0.25, -0.2) is 4.79 Å². The van der Waals surface area contributed by atoms with Crippen LogP contribution in [0.25, 0.3) is 0 Å². The molecule has 0 aliphatic rings. The zero-order valence-corrected chi connectivity index (χ0v) is 10.3. The predicted octanol–water partition coefficient (Wildman–Crippen LogP) is 3.77. The molecule has 1 aromatic rings. The van der Waals surface area contributed by atoms with Gasteiger partial charge in [-0.15, -0.1) is 0 Å². The van der Waals surface area contributed by atoms with Gasteiger partial charge in [-0.1, -0.05) is 39.3 Å². The lowest BCUT2D eigenvalue weighted by atomic mass is 10.0. The number of hydrogen-bond acceptors (Lipinski definition) is 2. The van der Waals surface area contributed by atoms with Gasteiger partial charge >= 0.3 is 5.97 Å². The SMILES string of the molecule is CCCCOC(=O)c1ccc(C(C)C)cc1. The van der Waals surface area contributed by atoms with Crippen LogP contribution in [0.2, 0.25) is 0 Å². The van der Waals surface area contributed by atoms with Crippen LogP contribution in [-0.4, -0.2) is 12.6 Å². The van der Waals surface area contributed by atoms with E-state index < -0.39 is 0 Å². The molecule has 1 aromatic carbocycles. The predicted molar refractivity (Wildman–Crippen MR) is 65.7 cm³/mol. The molecule has 88 valence electrons. The highest BCUT2D eigenvalue weighted by Gasteiger charge is 2.07. The summed E-state index contributed by atoms with van der Waals surface area (Å²) in [5.74, 6) is 0.272. The molecular weight excluding hydrogens is 200 g/mol. The summed E-state index contributed by atoms with van der Waals surface area (Å²) in [4.78, 5) is 11.6. The molecule has 2 nitrogen and oxygen atoms in total. The van der Waals surface area contributed by atoms with Gasteiger partial charge in [-0.2, -0.15) is 0 Å². The number of unbranched alkanes of at least 4 members (excludes halogenated alkanes) is 1. The highest BCUT2D eigenvalue weighted by Crippen LogP contribution is 2.15. The van der Waals surface area contributed by atoms with E-state index in [1.54, 1.807) is 0 Å². The van der Waals surface area contributed by atoms with Gasteiger partial charge in [0.05, 0.1) is 12.2 Å². The average molecular weight is 220 g/mol. The van der Waals surface area contributed by atoms with Crippen molar-refractivity contribution in [3.63, 3.8) is 0 Å². The van der Waals surface area contributed by atoms with Crippen LogP contribution < -0.4 is 0 Å². The molecule has 0 heterocycles. The summed E-state index contributed by atoms with van der Waals surface area (Å²) in [6.45, 7) is 6.86. The van der Waals surface area contributed by atoms with E-state index in [0.717, 1.165) is 12.8 Å². The first kappa shape index (κ1) is 12.8. The second-order valence-electron chi connectivity index (χ2n) is 4.27. The molecule has 16 heavy (non-hydrogen) atoms. The van der Waals surface area contributed by atoms with E-state index in [1.165, 1.54) is 5.56 Å². The summed E-state index contributed by atoms with van der Waals surface area (Å²) in [5, 5.41) is 0. The third-order valence-electron chi connectivity index (χ3n) is 2.54. The molecule has 1 rings (SSSR count). The summed E-state index contributed by atoms with van der Waals surface area (Å²) in [5.41, 5.74) is 1.88. The van der Waals surface area contributed by atoms with Gasteiger partial charge in [0.2, 0.25) is 0 Å². The van der Waals surface area contributed by atoms with Crippen LogP contribution in [0.1, 0.15) is 55.5 Å². The Morgan fingerprint density at radius 3 is 2.38 bits per heavy atom.